The Morgan fingerprint density at radius 2 is 2.18 bits per heavy atom. The van der Waals surface area contributed by atoms with Gasteiger partial charge in [-0.1, -0.05) is 24.6 Å². The number of carbonyl (C=O) groups is 1. The molecule has 1 aromatic carbocycles. The van der Waals surface area contributed by atoms with Crippen molar-refractivity contribution in [2.75, 3.05) is 16.8 Å². The van der Waals surface area contributed by atoms with E-state index in [-0.39, 0.29) is 24.0 Å². The number of aromatic nitrogens is 2. The van der Waals surface area contributed by atoms with Gasteiger partial charge >= 0.3 is 0 Å². The molecule has 6 nitrogen and oxygen atoms in total. The van der Waals surface area contributed by atoms with Crippen LogP contribution >= 0.6 is 11.6 Å². The number of aryl methyl sites for hydroxylation is 1. The van der Waals surface area contributed by atoms with Crippen LogP contribution in [0.25, 0.3) is 0 Å². The fourth-order valence-corrected chi connectivity index (χ4v) is 2.70. The molecule has 1 aromatic heterocycles. The maximum Gasteiger partial charge on any atom is 0.255 e. The molecule has 1 amide bonds. The highest BCUT2D eigenvalue weighted by atomic mass is 35.5. The first-order valence-corrected chi connectivity index (χ1v) is 8.89. The lowest BCUT2D eigenvalue weighted by Crippen LogP contribution is -2.15. The topological polar surface area (TPSA) is 81.1 Å². The average Bonchev–Trinajstić information content (AvgIpc) is 2.93. The minimum Gasteiger partial charge on any atom is -0.319 e. The zero-order valence-corrected chi connectivity index (χ0v) is 13.6. The predicted octanol–water partition coefficient (Wildman–Crippen LogP) is 2.22. The highest BCUT2D eigenvalue weighted by Gasteiger charge is 2.10. The SMILES string of the molecule is CCS(=O)(=O)CCn1cc(NC(=O)c2cccc(Cl)c2)cn1. The third-order valence-corrected chi connectivity index (χ3v) is 4.97. The number of halogens is 1. The number of benzene rings is 1. The van der Waals surface area contributed by atoms with Crippen LogP contribution in [0, 0.1) is 0 Å². The van der Waals surface area contributed by atoms with Crippen molar-refractivity contribution in [3.8, 4) is 0 Å². The van der Waals surface area contributed by atoms with E-state index in [4.69, 9.17) is 11.6 Å². The second-order valence-corrected chi connectivity index (χ2v) is 7.60. The number of hydrogen-bond acceptors (Lipinski definition) is 4. The Morgan fingerprint density at radius 1 is 1.41 bits per heavy atom. The van der Waals surface area contributed by atoms with E-state index in [1.807, 2.05) is 0 Å². The fourth-order valence-electron chi connectivity index (χ4n) is 1.76. The molecular weight excluding hydrogens is 326 g/mol. The average molecular weight is 342 g/mol. The quantitative estimate of drug-likeness (QED) is 0.873. The van der Waals surface area contributed by atoms with Crippen molar-refractivity contribution in [3.05, 3.63) is 47.2 Å². The molecule has 22 heavy (non-hydrogen) atoms. The Balaban J connectivity index is 1.99. The summed E-state index contributed by atoms with van der Waals surface area (Å²) in [4.78, 5) is 12.0. The van der Waals surface area contributed by atoms with Gasteiger partial charge in [-0.05, 0) is 18.2 Å². The number of carbonyl (C=O) groups excluding carboxylic acids is 1. The maximum atomic E-state index is 12.0. The maximum absolute atomic E-state index is 12.0. The van der Waals surface area contributed by atoms with Gasteiger partial charge in [0.2, 0.25) is 0 Å². The molecule has 2 aromatic rings. The number of amides is 1. The highest BCUT2D eigenvalue weighted by molar-refractivity contribution is 7.91. The molecule has 0 unspecified atom stereocenters. The van der Waals surface area contributed by atoms with Crippen LogP contribution in [-0.2, 0) is 16.4 Å². The van der Waals surface area contributed by atoms with Crippen LogP contribution < -0.4 is 5.32 Å². The molecule has 0 aliphatic carbocycles. The van der Waals surface area contributed by atoms with Gasteiger partial charge in [0.1, 0.15) is 0 Å². The van der Waals surface area contributed by atoms with Crippen LogP contribution in [0.3, 0.4) is 0 Å². The molecule has 118 valence electrons. The lowest BCUT2D eigenvalue weighted by molar-refractivity contribution is 0.102. The number of rotatable bonds is 6. The largest absolute Gasteiger partial charge is 0.319 e. The summed E-state index contributed by atoms with van der Waals surface area (Å²) in [6.45, 7) is 1.86. The van der Waals surface area contributed by atoms with E-state index in [0.29, 0.717) is 16.3 Å². The lowest BCUT2D eigenvalue weighted by atomic mass is 10.2. The van der Waals surface area contributed by atoms with Crippen LogP contribution in [0.15, 0.2) is 36.7 Å². The molecule has 0 radical (unpaired) electrons. The first kappa shape index (κ1) is 16.5. The summed E-state index contributed by atoms with van der Waals surface area (Å²) in [7, 11) is -3.04. The molecule has 0 aliphatic rings. The van der Waals surface area contributed by atoms with Crippen LogP contribution in [-0.4, -0.2) is 35.6 Å². The summed E-state index contributed by atoms with van der Waals surface area (Å²) >= 11 is 5.84. The van der Waals surface area contributed by atoms with Crippen molar-refractivity contribution in [1.29, 1.82) is 0 Å². The van der Waals surface area contributed by atoms with Gasteiger partial charge in [-0.25, -0.2) is 8.42 Å². The molecule has 0 atom stereocenters. The van der Waals surface area contributed by atoms with Crippen LogP contribution in [0.1, 0.15) is 17.3 Å². The monoisotopic (exact) mass is 341 g/mol. The van der Waals surface area contributed by atoms with Gasteiger partial charge in [0, 0.05) is 22.5 Å². The van der Waals surface area contributed by atoms with E-state index in [0.717, 1.165) is 0 Å². The van der Waals surface area contributed by atoms with Crippen LogP contribution in [0.4, 0.5) is 5.69 Å². The number of anilines is 1. The third kappa shape index (κ3) is 4.57. The summed E-state index contributed by atoms with van der Waals surface area (Å²) in [5.41, 5.74) is 0.938. The number of hydrogen-bond donors (Lipinski definition) is 1. The Bertz CT molecular complexity index is 771. The number of nitrogens with zero attached hydrogens (tertiary/aromatic N) is 2. The lowest BCUT2D eigenvalue weighted by Gasteiger charge is -2.03. The zero-order valence-electron chi connectivity index (χ0n) is 12.0. The van der Waals surface area contributed by atoms with E-state index >= 15 is 0 Å². The summed E-state index contributed by atoms with van der Waals surface area (Å²) in [5, 5.41) is 7.20. The van der Waals surface area contributed by atoms with Crippen molar-refractivity contribution >= 4 is 33.0 Å². The fraction of sp³-hybridized carbons (Fsp3) is 0.286. The van der Waals surface area contributed by atoms with Gasteiger partial charge in [-0.3, -0.25) is 9.48 Å². The molecule has 0 aliphatic heterocycles. The molecular formula is C14H16ClN3O3S. The first-order chi connectivity index (χ1) is 10.4. The van der Waals surface area contributed by atoms with Crippen molar-refractivity contribution < 1.29 is 13.2 Å². The molecule has 1 N–H and O–H groups in total. The number of sulfone groups is 1. The zero-order chi connectivity index (χ0) is 16.2. The molecule has 0 spiro atoms. The van der Waals surface area contributed by atoms with Crippen molar-refractivity contribution in [3.63, 3.8) is 0 Å². The standard InChI is InChI=1S/C14H16ClN3O3S/c1-2-22(20,21)7-6-18-10-13(9-16-18)17-14(19)11-4-3-5-12(15)8-11/h3-5,8-10H,2,6-7H2,1H3,(H,17,19). The Kier molecular flexibility index (Phi) is 5.20. The van der Waals surface area contributed by atoms with E-state index in [1.165, 1.54) is 10.9 Å². The second-order valence-electron chi connectivity index (χ2n) is 4.69. The van der Waals surface area contributed by atoms with Crippen molar-refractivity contribution in [1.82, 2.24) is 9.78 Å². The first-order valence-electron chi connectivity index (χ1n) is 6.69. The Hall–Kier alpha value is -1.86. The van der Waals surface area contributed by atoms with Gasteiger partial charge in [0.05, 0.1) is 24.2 Å². The van der Waals surface area contributed by atoms with E-state index in [2.05, 4.69) is 10.4 Å². The second kappa shape index (κ2) is 6.93. The van der Waals surface area contributed by atoms with Gasteiger partial charge in [0.25, 0.3) is 5.91 Å². The third-order valence-electron chi connectivity index (χ3n) is 3.05. The van der Waals surface area contributed by atoms with Crippen molar-refractivity contribution in [2.45, 2.75) is 13.5 Å². The molecule has 0 saturated heterocycles. The Labute approximate surface area is 134 Å². The van der Waals surface area contributed by atoms with Gasteiger partial charge < -0.3 is 5.32 Å². The normalized spacial score (nSPS) is 11.4. The van der Waals surface area contributed by atoms with Crippen LogP contribution in [0.5, 0.6) is 0 Å². The minimum absolute atomic E-state index is 0.0207. The minimum atomic E-state index is -3.04. The van der Waals surface area contributed by atoms with Crippen molar-refractivity contribution in [2.24, 2.45) is 0 Å². The van der Waals surface area contributed by atoms with E-state index in [9.17, 15) is 13.2 Å². The van der Waals surface area contributed by atoms with Crippen LogP contribution in [0.2, 0.25) is 5.02 Å². The van der Waals surface area contributed by atoms with E-state index in [1.54, 1.807) is 37.4 Å². The summed E-state index contributed by atoms with van der Waals surface area (Å²) in [6, 6.07) is 6.59. The van der Waals surface area contributed by atoms with Gasteiger partial charge in [-0.2, -0.15) is 5.10 Å². The molecule has 2 rings (SSSR count). The van der Waals surface area contributed by atoms with Gasteiger partial charge in [-0.15, -0.1) is 0 Å². The summed E-state index contributed by atoms with van der Waals surface area (Å²) in [6.07, 6.45) is 3.06. The smallest absolute Gasteiger partial charge is 0.255 e. The molecule has 0 saturated carbocycles. The predicted molar refractivity (Wildman–Crippen MR) is 86.0 cm³/mol. The highest BCUT2D eigenvalue weighted by Crippen LogP contribution is 2.13. The molecule has 8 heteroatoms. The summed E-state index contributed by atoms with van der Waals surface area (Å²) in [5.74, 6) is -0.178. The molecule has 0 bridgehead atoms. The molecule has 0 fully saturated rings. The van der Waals surface area contributed by atoms with Gasteiger partial charge in [0.15, 0.2) is 9.84 Å². The number of nitrogens with one attached hydrogen (secondary N) is 1. The summed E-state index contributed by atoms with van der Waals surface area (Å²) < 4.78 is 24.4. The van der Waals surface area contributed by atoms with E-state index < -0.39 is 9.84 Å². The molecule has 1 heterocycles. The Morgan fingerprint density at radius 3 is 2.86 bits per heavy atom.